The number of benzene rings is 1. The fourth-order valence-electron chi connectivity index (χ4n) is 2.67. The molecule has 8 heteroatoms. The summed E-state index contributed by atoms with van der Waals surface area (Å²) in [6, 6.07) is 6.43. The van der Waals surface area contributed by atoms with Crippen molar-refractivity contribution in [2.45, 2.75) is 31.8 Å². The zero-order valence-electron chi connectivity index (χ0n) is 15.2. The number of nitrogens with one attached hydrogen (secondary N) is 1. The Hall–Kier alpha value is -2.19. The van der Waals surface area contributed by atoms with Gasteiger partial charge in [-0.25, -0.2) is 14.2 Å². The first-order valence-electron chi connectivity index (χ1n) is 8.47. The summed E-state index contributed by atoms with van der Waals surface area (Å²) in [5, 5.41) is 0.327. The van der Waals surface area contributed by atoms with Gasteiger partial charge in [0.2, 0.25) is 0 Å². The van der Waals surface area contributed by atoms with Crippen molar-refractivity contribution in [1.82, 2.24) is 9.97 Å². The number of nitrogens with zero attached hydrogens (tertiary/aromatic N) is 1. The fraction of sp³-hybridized carbons (Fsp3) is 0.316. The van der Waals surface area contributed by atoms with Gasteiger partial charge < -0.3 is 9.72 Å². The minimum absolute atomic E-state index is 0.0983. The second-order valence-electron chi connectivity index (χ2n) is 5.99. The maximum atomic E-state index is 13.3. The van der Waals surface area contributed by atoms with Crippen molar-refractivity contribution in [3.8, 4) is 0 Å². The first-order chi connectivity index (χ1) is 12.9. The van der Waals surface area contributed by atoms with E-state index in [1.54, 1.807) is 31.7 Å². The predicted molar refractivity (Wildman–Crippen MR) is 107 cm³/mol. The van der Waals surface area contributed by atoms with Gasteiger partial charge in [-0.15, -0.1) is 23.1 Å². The Labute approximate surface area is 164 Å². The number of H-pyrrole nitrogens is 1. The number of halogens is 1. The van der Waals surface area contributed by atoms with Crippen LogP contribution in [0.3, 0.4) is 0 Å². The van der Waals surface area contributed by atoms with Crippen LogP contribution in [0.2, 0.25) is 0 Å². The Bertz CT molecular complexity index is 1050. The molecule has 2 aromatic heterocycles. The Morgan fingerprint density at radius 1 is 1.44 bits per heavy atom. The van der Waals surface area contributed by atoms with Crippen LogP contribution < -0.4 is 5.56 Å². The minimum atomic E-state index is -0.438. The van der Waals surface area contributed by atoms with E-state index in [2.05, 4.69) is 9.97 Å². The van der Waals surface area contributed by atoms with Crippen LogP contribution in [0.4, 0.5) is 4.39 Å². The van der Waals surface area contributed by atoms with Crippen LogP contribution >= 0.6 is 23.1 Å². The quantitative estimate of drug-likeness (QED) is 0.606. The summed E-state index contributed by atoms with van der Waals surface area (Å²) in [5.74, 6) is 0.422. The van der Waals surface area contributed by atoms with Crippen molar-refractivity contribution in [2.75, 3.05) is 6.61 Å². The molecule has 1 N–H and O–H groups in total. The number of hydrogen-bond donors (Lipinski definition) is 1. The van der Waals surface area contributed by atoms with E-state index in [-0.39, 0.29) is 23.2 Å². The molecule has 142 valence electrons. The zero-order valence-corrected chi connectivity index (χ0v) is 16.8. The van der Waals surface area contributed by atoms with E-state index in [4.69, 9.17) is 4.74 Å². The molecule has 3 rings (SSSR count). The molecule has 0 saturated heterocycles. The molecule has 0 aliphatic rings. The number of aromatic nitrogens is 2. The molecule has 0 amide bonds. The Morgan fingerprint density at radius 3 is 2.93 bits per heavy atom. The molecule has 0 bridgehead atoms. The van der Waals surface area contributed by atoms with E-state index < -0.39 is 5.97 Å². The van der Waals surface area contributed by atoms with Gasteiger partial charge in [0.25, 0.3) is 5.56 Å². The fourth-order valence-corrected chi connectivity index (χ4v) is 4.65. The third-order valence-corrected chi connectivity index (χ3v) is 6.44. The monoisotopic (exact) mass is 406 g/mol. The molecule has 0 aliphatic carbocycles. The van der Waals surface area contributed by atoms with Crippen LogP contribution in [-0.2, 0) is 10.5 Å². The zero-order chi connectivity index (χ0) is 19.6. The van der Waals surface area contributed by atoms with Gasteiger partial charge in [-0.1, -0.05) is 12.1 Å². The van der Waals surface area contributed by atoms with Gasteiger partial charge in [-0.3, -0.25) is 4.79 Å². The summed E-state index contributed by atoms with van der Waals surface area (Å²) in [6.07, 6.45) is 0. The van der Waals surface area contributed by atoms with Crippen LogP contribution in [0.15, 0.2) is 29.1 Å². The molecule has 5 nitrogen and oxygen atoms in total. The van der Waals surface area contributed by atoms with E-state index in [0.29, 0.717) is 32.2 Å². The maximum Gasteiger partial charge on any atom is 0.348 e. The van der Waals surface area contributed by atoms with Crippen LogP contribution in [-0.4, -0.2) is 22.5 Å². The summed E-state index contributed by atoms with van der Waals surface area (Å²) in [6.45, 7) is 5.67. The SMILES string of the molecule is CCOC(=O)c1sc2nc([C@H](C)SCc3cccc(F)c3)[nH]c(=O)c2c1C. The van der Waals surface area contributed by atoms with Gasteiger partial charge in [0, 0.05) is 5.75 Å². The number of carbonyl (C=O) groups is 1. The van der Waals surface area contributed by atoms with E-state index >= 15 is 0 Å². The summed E-state index contributed by atoms with van der Waals surface area (Å²) in [4.78, 5) is 32.9. The van der Waals surface area contributed by atoms with Crippen molar-refractivity contribution in [2.24, 2.45) is 0 Å². The summed E-state index contributed by atoms with van der Waals surface area (Å²) in [5.41, 5.74) is 1.19. The van der Waals surface area contributed by atoms with Gasteiger partial charge in [0.1, 0.15) is 21.3 Å². The third-order valence-electron chi connectivity index (χ3n) is 4.05. The standard InChI is InChI=1S/C19H19FN2O3S2/c1-4-25-19(24)15-10(2)14-17(23)21-16(22-18(14)27-15)11(3)26-9-12-6-5-7-13(20)8-12/h5-8,11H,4,9H2,1-3H3,(H,21,22,23)/t11-/m0/s1. The van der Waals surface area contributed by atoms with Crippen molar-refractivity contribution < 1.29 is 13.9 Å². The number of thiophene rings is 1. The van der Waals surface area contributed by atoms with Crippen molar-refractivity contribution in [3.63, 3.8) is 0 Å². The highest BCUT2D eigenvalue weighted by Gasteiger charge is 2.21. The topological polar surface area (TPSA) is 72.0 Å². The van der Waals surface area contributed by atoms with Crippen LogP contribution in [0.25, 0.3) is 10.2 Å². The first kappa shape index (κ1) is 19.6. The number of esters is 1. The maximum absolute atomic E-state index is 13.3. The number of aryl methyl sites for hydroxylation is 1. The Balaban J connectivity index is 1.86. The number of hydrogen-bond acceptors (Lipinski definition) is 6. The number of fused-ring (bicyclic) bond motifs is 1. The molecule has 2 heterocycles. The normalized spacial score (nSPS) is 12.3. The average Bonchev–Trinajstić information content (AvgIpc) is 2.97. The number of thioether (sulfide) groups is 1. The van der Waals surface area contributed by atoms with Crippen LogP contribution in [0, 0.1) is 12.7 Å². The number of carbonyl (C=O) groups excluding carboxylic acids is 1. The molecule has 0 fully saturated rings. The third kappa shape index (κ3) is 4.22. The molecule has 27 heavy (non-hydrogen) atoms. The summed E-state index contributed by atoms with van der Waals surface area (Å²) < 4.78 is 18.3. The largest absolute Gasteiger partial charge is 0.462 e. The minimum Gasteiger partial charge on any atom is -0.462 e. The molecular weight excluding hydrogens is 387 g/mol. The first-order valence-corrected chi connectivity index (χ1v) is 10.3. The number of rotatable bonds is 6. The highest BCUT2D eigenvalue weighted by Crippen LogP contribution is 2.32. The van der Waals surface area contributed by atoms with Crippen molar-refractivity contribution in [1.29, 1.82) is 0 Å². The average molecular weight is 407 g/mol. The second kappa shape index (κ2) is 8.22. The molecule has 1 atom stereocenters. The lowest BCUT2D eigenvalue weighted by Gasteiger charge is -2.10. The molecule has 0 saturated carbocycles. The van der Waals surface area contributed by atoms with Gasteiger partial charge in [0.15, 0.2) is 0 Å². The van der Waals surface area contributed by atoms with Gasteiger partial charge in [0.05, 0.1) is 17.2 Å². The lowest BCUT2D eigenvalue weighted by Crippen LogP contribution is -2.13. The molecule has 0 aliphatic heterocycles. The van der Waals surface area contributed by atoms with Crippen LogP contribution in [0.5, 0.6) is 0 Å². The highest BCUT2D eigenvalue weighted by molar-refractivity contribution is 7.98. The van der Waals surface area contributed by atoms with Gasteiger partial charge in [-0.2, -0.15) is 0 Å². The second-order valence-corrected chi connectivity index (χ2v) is 8.32. The van der Waals surface area contributed by atoms with E-state index in [1.807, 2.05) is 13.0 Å². The predicted octanol–water partition coefficient (Wildman–Crippen LogP) is 4.60. The summed E-state index contributed by atoms with van der Waals surface area (Å²) >= 11 is 2.72. The molecule has 3 aromatic rings. The molecule has 0 radical (unpaired) electrons. The molecule has 0 unspecified atom stereocenters. The molecule has 1 aromatic carbocycles. The highest BCUT2D eigenvalue weighted by atomic mass is 32.2. The number of aromatic amines is 1. The molecule has 0 spiro atoms. The summed E-state index contributed by atoms with van der Waals surface area (Å²) in [7, 11) is 0. The van der Waals surface area contributed by atoms with E-state index in [1.165, 1.54) is 23.5 Å². The number of ether oxygens (including phenoxy) is 1. The molecular formula is C19H19FN2O3S2. The van der Waals surface area contributed by atoms with Crippen molar-refractivity contribution >= 4 is 39.3 Å². The van der Waals surface area contributed by atoms with Gasteiger partial charge >= 0.3 is 5.97 Å². The Kier molecular flexibility index (Phi) is 5.96. The van der Waals surface area contributed by atoms with Gasteiger partial charge in [-0.05, 0) is 44.0 Å². The smallest absolute Gasteiger partial charge is 0.348 e. The van der Waals surface area contributed by atoms with Crippen molar-refractivity contribution in [3.05, 3.63) is 62.3 Å². The van der Waals surface area contributed by atoms with E-state index in [9.17, 15) is 14.0 Å². The lowest BCUT2D eigenvalue weighted by molar-refractivity contribution is 0.0531. The van der Waals surface area contributed by atoms with E-state index in [0.717, 1.165) is 5.56 Å². The lowest BCUT2D eigenvalue weighted by atomic mass is 10.2. The van der Waals surface area contributed by atoms with Crippen LogP contribution in [0.1, 0.15) is 45.7 Å². The Morgan fingerprint density at radius 2 is 2.22 bits per heavy atom.